The third kappa shape index (κ3) is 6.40. The summed E-state index contributed by atoms with van der Waals surface area (Å²) in [5, 5.41) is 9.53. The van der Waals surface area contributed by atoms with Crippen molar-refractivity contribution in [2.45, 2.75) is 80.2 Å². The van der Waals surface area contributed by atoms with Crippen LogP contribution in [0.15, 0.2) is 46.8 Å². The second kappa shape index (κ2) is 13.3. The van der Waals surface area contributed by atoms with Crippen molar-refractivity contribution in [3.05, 3.63) is 47.3 Å². The first-order valence-corrected chi connectivity index (χ1v) is 13.2. The second-order valence-corrected chi connectivity index (χ2v) is 9.20. The van der Waals surface area contributed by atoms with Gasteiger partial charge in [0.15, 0.2) is 11.6 Å². The number of Topliss-reactive ketones (excluding diaryl/α,β-unsaturated/α-hetero) is 1. The minimum Gasteiger partial charge on any atom is -0.493 e. The quantitative estimate of drug-likeness (QED) is 0.260. The van der Waals surface area contributed by atoms with Gasteiger partial charge in [0.05, 0.1) is 23.7 Å². The van der Waals surface area contributed by atoms with Crippen molar-refractivity contribution in [3.8, 4) is 5.75 Å². The van der Waals surface area contributed by atoms with E-state index in [4.69, 9.17) is 22.1 Å². The number of carbonyl (C=O) groups excluding carboxylic acids is 2. The Morgan fingerprint density at radius 2 is 1.97 bits per heavy atom. The Kier molecular flexibility index (Phi) is 10.8. The van der Waals surface area contributed by atoms with E-state index in [0.29, 0.717) is 48.0 Å². The molecule has 1 heterocycles. The molecule has 1 aromatic rings. The number of nitrogens with one attached hydrogen (secondary N) is 1. The van der Waals surface area contributed by atoms with Gasteiger partial charge in [0.25, 0.3) is 5.91 Å². The highest BCUT2D eigenvalue weighted by atomic mass is 32.1. The summed E-state index contributed by atoms with van der Waals surface area (Å²) >= 11 is 5.25. The van der Waals surface area contributed by atoms with Crippen LogP contribution in [0.3, 0.4) is 0 Å². The van der Waals surface area contributed by atoms with E-state index in [0.717, 1.165) is 24.1 Å². The highest BCUT2D eigenvalue weighted by molar-refractivity contribution is 7.79. The molecular weight excluding hydrogens is 472 g/mol. The van der Waals surface area contributed by atoms with Gasteiger partial charge in [-0.1, -0.05) is 52.9 Å². The summed E-state index contributed by atoms with van der Waals surface area (Å²) in [5.74, 6) is 1.00. The maximum absolute atomic E-state index is 13.5. The monoisotopic (exact) mass is 512 g/mol. The third-order valence-corrected chi connectivity index (χ3v) is 6.81. The van der Waals surface area contributed by atoms with Crippen molar-refractivity contribution in [1.29, 1.82) is 0 Å². The molecule has 0 radical (unpaired) electrons. The molecule has 8 heteroatoms. The lowest BCUT2D eigenvalue weighted by molar-refractivity contribution is -0.119. The zero-order valence-corrected chi connectivity index (χ0v) is 23.5. The van der Waals surface area contributed by atoms with Crippen LogP contribution in [0.25, 0.3) is 0 Å². The van der Waals surface area contributed by atoms with Gasteiger partial charge < -0.3 is 15.0 Å². The summed E-state index contributed by atoms with van der Waals surface area (Å²) < 4.78 is 5.89. The van der Waals surface area contributed by atoms with Crippen molar-refractivity contribution in [2.75, 3.05) is 11.5 Å². The van der Waals surface area contributed by atoms with Crippen molar-refractivity contribution in [2.24, 2.45) is 11.0 Å². The van der Waals surface area contributed by atoms with Crippen LogP contribution in [-0.4, -0.2) is 40.7 Å². The van der Waals surface area contributed by atoms with E-state index >= 15 is 0 Å². The molecule has 1 N–H and O–H groups in total. The SMILES string of the molecule is C=C(CCC)N1N=C(c2cc(N(C=S)C(C)C(=O)CC)ccc2OCC)NC(=O)/C1=C(\C)C(C)CC. The lowest BCUT2D eigenvalue weighted by atomic mass is 9.96. The van der Waals surface area contributed by atoms with Crippen LogP contribution in [0.4, 0.5) is 5.69 Å². The van der Waals surface area contributed by atoms with Gasteiger partial charge in [0.2, 0.25) is 0 Å². The lowest BCUT2D eigenvalue weighted by Gasteiger charge is -2.32. The molecule has 1 amide bonds. The lowest BCUT2D eigenvalue weighted by Crippen LogP contribution is -2.44. The number of amidine groups is 1. The molecule has 2 atom stereocenters. The molecule has 0 saturated carbocycles. The molecule has 36 heavy (non-hydrogen) atoms. The Bertz CT molecular complexity index is 1060. The van der Waals surface area contributed by atoms with E-state index < -0.39 is 6.04 Å². The summed E-state index contributed by atoms with van der Waals surface area (Å²) in [7, 11) is 0. The molecular formula is C28H40N4O3S. The zero-order valence-electron chi connectivity index (χ0n) is 22.7. The average Bonchev–Trinajstić information content (AvgIpc) is 2.88. The van der Waals surface area contributed by atoms with Gasteiger partial charge in [0, 0.05) is 17.8 Å². The number of allylic oxidation sites excluding steroid dienone is 2. The fourth-order valence-corrected chi connectivity index (χ4v) is 4.34. The topological polar surface area (TPSA) is 74.2 Å². The first kappa shape index (κ1) is 29.2. The number of anilines is 1. The summed E-state index contributed by atoms with van der Waals surface area (Å²) in [6.45, 7) is 18.5. The molecule has 0 bridgehead atoms. The van der Waals surface area contributed by atoms with Crippen LogP contribution in [0, 0.1) is 5.92 Å². The minimum absolute atomic E-state index is 0.0761. The number of hydrazone groups is 1. The Hall–Kier alpha value is -3.00. The molecule has 1 aliphatic heterocycles. The number of amides is 1. The number of nitrogens with zero attached hydrogens (tertiary/aromatic N) is 3. The number of ketones is 1. The molecule has 1 aliphatic rings. The average molecular weight is 513 g/mol. The zero-order chi connectivity index (χ0) is 27.0. The number of benzene rings is 1. The smallest absolute Gasteiger partial charge is 0.275 e. The van der Waals surface area contributed by atoms with Crippen LogP contribution in [0.5, 0.6) is 5.75 Å². The van der Waals surface area contributed by atoms with Crippen molar-refractivity contribution in [1.82, 2.24) is 10.3 Å². The van der Waals surface area contributed by atoms with Gasteiger partial charge in [-0.05, 0) is 63.3 Å². The van der Waals surface area contributed by atoms with E-state index in [1.807, 2.05) is 45.9 Å². The molecule has 2 unspecified atom stereocenters. The van der Waals surface area contributed by atoms with Crippen LogP contribution < -0.4 is 15.0 Å². The Morgan fingerprint density at radius 1 is 1.28 bits per heavy atom. The highest BCUT2D eigenvalue weighted by Gasteiger charge is 2.31. The van der Waals surface area contributed by atoms with Gasteiger partial charge in [-0.2, -0.15) is 0 Å². The molecule has 7 nitrogen and oxygen atoms in total. The summed E-state index contributed by atoms with van der Waals surface area (Å²) in [6.07, 6.45) is 2.90. The maximum atomic E-state index is 13.5. The molecule has 0 aliphatic carbocycles. The molecule has 0 saturated heterocycles. The van der Waals surface area contributed by atoms with E-state index in [1.165, 1.54) is 5.49 Å². The minimum atomic E-state index is -0.422. The van der Waals surface area contributed by atoms with E-state index in [2.05, 4.69) is 32.7 Å². The molecule has 0 aromatic heterocycles. The first-order valence-electron chi connectivity index (χ1n) is 12.8. The largest absolute Gasteiger partial charge is 0.493 e. The molecule has 0 fully saturated rings. The normalized spacial score (nSPS) is 16.5. The van der Waals surface area contributed by atoms with Gasteiger partial charge in [-0.3, -0.25) is 9.59 Å². The van der Waals surface area contributed by atoms with Crippen LogP contribution in [0.2, 0.25) is 0 Å². The van der Waals surface area contributed by atoms with Crippen LogP contribution >= 0.6 is 12.2 Å². The number of ether oxygens (including phenoxy) is 1. The van der Waals surface area contributed by atoms with Crippen LogP contribution in [0.1, 0.15) is 79.7 Å². The van der Waals surface area contributed by atoms with Crippen molar-refractivity contribution >= 4 is 40.9 Å². The number of rotatable bonds is 13. The molecule has 2 rings (SSSR count). The van der Waals surface area contributed by atoms with Crippen molar-refractivity contribution < 1.29 is 14.3 Å². The fourth-order valence-electron chi connectivity index (χ4n) is 4.04. The predicted octanol–water partition coefficient (Wildman–Crippen LogP) is 5.94. The summed E-state index contributed by atoms with van der Waals surface area (Å²) in [4.78, 5) is 27.6. The van der Waals surface area contributed by atoms with Gasteiger partial charge >= 0.3 is 0 Å². The summed E-state index contributed by atoms with van der Waals surface area (Å²) in [5.41, 5.74) is 5.03. The Morgan fingerprint density at radius 3 is 2.53 bits per heavy atom. The van der Waals surface area contributed by atoms with Crippen LogP contribution in [-0.2, 0) is 9.59 Å². The standard InChI is InChI=1S/C28H40N4O3S/c1-9-13-19(6)32-26(20(7)18(5)10-2)28(34)29-27(30-32)23-16-22(14-15-25(23)35-12-4)31(17-36)21(8)24(33)11-3/h14-18,21H,6,9-13H2,1-5,7-8H3,(H,29,30,34)/b26-20-. The highest BCUT2D eigenvalue weighted by Crippen LogP contribution is 2.31. The predicted molar refractivity (Wildman–Crippen MR) is 151 cm³/mol. The number of carbonyl (C=O) groups is 2. The summed E-state index contributed by atoms with van der Waals surface area (Å²) in [6, 6.07) is 5.10. The van der Waals surface area contributed by atoms with Crippen molar-refractivity contribution in [3.63, 3.8) is 0 Å². The maximum Gasteiger partial charge on any atom is 0.275 e. The Labute approximate surface area is 221 Å². The van der Waals surface area contributed by atoms with Gasteiger partial charge in [-0.25, -0.2) is 5.01 Å². The Balaban J connectivity index is 2.71. The fraction of sp³-hybridized carbons (Fsp3) is 0.500. The molecule has 196 valence electrons. The number of thiocarbonyl (C=S) groups is 1. The van der Waals surface area contributed by atoms with Gasteiger partial charge in [0.1, 0.15) is 11.4 Å². The van der Waals surface area contributed by atoms with Gasteiger partial charge in [-0.15, -0.1) is 5.10 Å². The first-order chi connectivity index (χ1) is 17.1. The molecule has 1 aromatic carbocycles. The van der Waals surface area contributed by atoms with E-state index in [1.54, 1.807) is 9.91 Å². The van der Waals surface area contributed by atoms with E-state index in [9.17, 15) is 9.59 Å². The third-order valence-electron chi connectivity index (χ3n) is 6.58. The number of hydrogen-bond donors (Lipinski definition) is 1. The molecule has 0 spiro atoms. The van der Waals surface area contributed by atoms with E-state index in [-0.39, 0.29) is 17.6 Å². The number of hydrogen-bond acceptors (Lipinski definition) is 6. The second-order valence-electron chi connectivity index (χ2n) is 8.99.